The molecule has 2 atom stereocenters. The second-order valence-corrected chi connectivity index (χ2v) is 6.98. The van der Waals surface area contributed by atoms with Crippen LogP contribution in [0.15, 0.2) is 24.3 Å². The minimum absolute atomic E-state index is 0.0993. The fraction of sp³-hybridized carbons (Fsp3) is 0.611. The number of amides is 1. The Morgan fingerprint density at radius 1 is 1.36 bits per heavy atom. The van der Waals surface area contributed by atoms with Crippen molar-refractivity contribution in [2.45, 2.75) is 57.5 Å². The topological polar surface area (TPSA) is 64.3 Å². The van der Waals surface area contributed by atoms with Crippen LogP contribution in [0.2, 0.25) is 0 Å². The van der Waals surface area contributed by atoms with Crippen LogP contribution >= 0.6 is 0 Å². The van der Waals surface area contributed by atoms with E-state index in [1.807, 2.05) is 38.1 Å². The van der Waals surface area contributed by atoms with Crippen LogP contribution < -0.4 is 15.8 Å². The van der Waals surface area contributed by atoms with Crippen LogP contribution in [0, 0.1) is 5.92 Å². The standard InChI is InChI=1S/C18H28N2O2/c1-18(2,12-14-7-4-5-10-16(14)22-3)20-17(21)11-13-8-6-9-15(13)19/h4-5,7,10,13,15H,6,8-9,11-12,19H2,1-3H3,(H,20,21)/t13-,15+/m0/s1. The number of benzene rings is 1. The third kappa shape index (κ3) is 4.47. The van der Waals surface area contributed by atoms with E-state index in [2.05, 4.69) is 5.32 Å². The number of hydrogen-bond acceptors (Lipinski definition) is 3. The first-order valence-corrected chi connectivity index (χ1v) is 8.10. The Morgan fingerprint density at radius 2 is 2.09 bits per heavy atom. The van der Waals surface area contributed by atoms with Crippen molar-refractivity contribution in [1.82, 2.24) is 5.32 Å². The van der Waals surface area contributed by atoms with E-state index in [1.54, 1.807) is 7.11 Å². The van der Waals surface area contributed by atoms with Crippen molar-refractivity contribution in [3.8, 4) is 5.75 Å². The molecule has 0 bridgehead atoms. The van der Waals surface area contributed by atoms with E-state index in [9.17, 15) is 4.79 Å². The first kappa shape index (κ1) is 16.8. The smallest absolute Gasteiger partial charge is 0.220 e. The molecule has 0 heterocycles. The van der Waals surface area contributed by atoms with Gasteiger partial charge in [-0.15, -0.1) is 0 Å². The van der Waals surface area contributed by atoms with Gasteiger partial charge in [-0.05, 0) is 50.7 Å². The molecule has 4 nitrogen and oxygen atoms in total. The lowest BCUT2D eigenvalue weighted by Crippen LogP contribution is -2.46. The first-order valence-electron chi connectivity index (χ1n) is 8.10. The van der Waals surface area contributed by atoms with Gasteiger partial charge in [-0.2, -0.15) is 0 Å². The van der Waals surface area contributed by atoms with E-state index in [0.717, 1.165) is 37.0 Å². The van der Waals surface area contributed by atoms with Crippen molar-refractivity contribution in [2.24, 2.45) is 11.7 Å². The molecule has 2 rings (SSSR count). The lowest BCUT2D eigenvalue weighted by molar-refractivity contribution is -0.123. The second kappa shape index (κ2) is 7.14. The van der Waals surface area contributed by atoms with Crippen molar-refractivity contribution in [2.75, 3.05) is 7.11 Å². The van der Waals surface area contributed by atoms with Gasteiger partial charge >= 0.3 is 0 Å². The predicted molar refractivity (Wildman–Crippen MR) is 88.9 cm³/mol. The highest BCUT2D eigenvalue weighted by atomic mass is 16.5. The fourth-order valence-electron chi connectivity index (χ4n) is 3.35. The number of rotatable bonds is 6. The number of carbonyl (C=O) groups excluding carboxylic acids is 1. The van der Waals surface area contributed by atoms with Gasteiger partial charge in [0.15, 0.2) is 0 Å². The predicted octanol–water partition coefficient (Wildman–Crippen LogP) is 2.65. The number of ether oxygens (including phenoxy) is 1. The van der Waals surface area contributed by atoms with E-state index in [4.69, 9.17) is 10.5 Å². The molecule has 1 fully saturated rings. The lowest BCUT2D eigenvalue weighted by atomic mass is 9.93. The van der Waals surface area contributed by atoms with Crippen LogP contribution in [0.4, 0.5) is 0 Å². The van der Waals surface area contributed by atoms with Gasteiger partial charge < -0.3 is 15.8 Å². The highest BCUT2D eigenvalue weighted by Crippen LogP contribution is 2.27. The van der Waals surface area contributed by atoms with Gasteiger partial charge in [0.25, 0.3) is 0 Å². The molecule has 3 N–H and O–H groups in total. The Hall–Kier alpha value is -1.55. The number of nitrogens with one attached hydrogen (secondary N) is 1. The summed E-state index contributed by atoms with van der Waals surface area (Å²) in [4.78, 5) is 12.3. The quantitative estimate of drug-likeness (QED) is 0.849. The largest absolute Gasteiger partial charge is 0.496 e. The minimum atomic E-state index is -0.311. The summed E-state index contributed by atoms with van der Waals surface area (Å²) in [6.07, 6.45) is 4.53. The van der Waals surface area contributed by atoms with Gasteiger partial charge in [0, 0.05) is 18.0 Å². The summed E-state index contributed by atoms with van der Waals surface area (Å²) in [5.41, 5.74) is 6.85. The third-order valence-corrected chi connectivity index (χ3v) is 4.47. The maximum atomic E-state index is 12.3. The molecule has 1 aromatic rings. The molecule has 1 amide bonds. The summed E-state index contributed by atoms with van der Waals surface area (Å²) >= 11 is 0. The molecule has 122 valence electrons. The van der Waals surface area contributed by atoms with Gasteiger partial charge in [-0.3, -0.25) is 4.79 Å². The Balaban J connectivity index is 1.93. The summed E-state index contributed by atoms with van der Waals surface area (Å²) in [5.74, 6) is 1.30. The number of carbonyl (C=O) groups is 1. The van der Waals surface area contributed by atoms with E-state index in [0.29, 0.717) is 12.3 Å². The highest BCUT2D eigenvalue weighted by molar-refractivity contribution is 5.77. The number of nitrogens with two attached hydrogens (primary N) is 1. The molecular weight excluding hydrogens is 276 g/mol. The monoisotopic (exact) mass is 304 g/mol. The van der Waals surface area contributed by atoms with Gasteiger partial charge in [-0.1, -0.05) is 24.6 Å². The highest BCUT2D eigenvalue weighted by Gasteiger charge is 2.28. The SMILES string of the molecule is COc1ccccc1CC(C)(C)NC(=O)C[C@@H]1CCC[C@H]1N. The van der Waals surface area contributed by atoms with Crippen LogP contribution in [-0.2, 0) is 11.2 Å². The minimum Gasteiger partial charge on any atom is -0.496 e. The van der Waals surface area contributed by atoms with Crippen molar-refractivity contribution in [3.63, 3.8) is 0 Å². The van der Waals surface area contributed by atoms with E-state index in [1.165, 1.54) is 0 Å². The lowest BCUT2D eigenvalue weighted by Gasteiger charge is -2.28. The molecule has 0 unspecified atom stereocenters. The molecule has 1 saturated carbocycles. The first-order chi connectivity index (χ1) is 10.4. The van der Waals surface area contributed by atoms with Crippen LogP contribution in [0.3, 0.4) is 0 Å². The maximum absolute atomic E-state index is 12.3. The molecule has 0 spiro atoms. The van der Waals surface area contributed by atoms with Crippen LogP contribution in [0.1, 0.15) is 45.1 Å². The Morgan fingerprint density at radius 3 is 2.73 bits per heavy atom. The van der Waals surface area contributed by atoms with Crippen molar-refractivity contribution in [3.05, 3.63) is 29.8 Å². The molecular formula is C18H28N2O2. The summed E-state index contributed by atoms with van der Waals surface area (Å²) in [7, 11) is 1.67. The maximum Gasteiger partial charge on any atom is 0.220 e. The normalized spacial score (nSPS) is 21.6. The van der Waals surface area contributed by atoms with Gasteiger partial charge in [0.1, 0.15) is 5.75 Å². The third-order valence-electron chi connectivity index (χ3n) is 4.47. The molecule has 1 aliphatic rings. The average molecular weight is 304 g/mol. The fourth-order valence-corrected chi connectivity index (χ4v) is 3.35. The summed E-state index contributed by atoms with van der Waals surface area (Å²) in [6.45, 7) is 4.10. The van der Waals surface area contributed by atoms with E-state index < -0.39 is 0 Å². The zero-order valence-corrected chi connectivity index (χ0v) is 13.9. The molecule has 0 aliphatic heterocycles. The Labute approximate surface area is 133 Å². The van der Waals surface area contributed by atoms with Crippen LogP contribution in [0.5, 0.6) is 5.75 Å². The average Bonchev–Trinajstić information content (AvgIpc) is 2.83. The Bertz CT molecular complexity index is 514. The van der Waals surface area contributed by atoms with Gasteiger partial charge in [0.2, 0.25) is 5.91 Å². The molecule has 0 aromatic heterocycles. The van der Waals surface area contributed by atoms with Gasteiger partial charge in [0.05, 0.1) is 7.11 Å². The zero-order valence-electron chi connectivity index (χ0n) is 13.9. The number of para-hydroxylation sites is 1. The summed E-state index contributed by atoms with van der Waals surface area (Å²) in [6, 6.07) is 8.12. The molecule has 4 heteroatoms. The second-order valence-electron chi connectivity index (χ2n) is 6.98. The van der Waals surface area contributed by atoms with Crippen LogP contribution in [0.25, 0.3) is 0 Å². The van der Waals surface area contributed by atoms with E-state index >= 15 is 0 Å². The van der Waals surface area contributed by atoms with E-state index in [-0.39, 0.29) is 17.5 Å². The zero-order chi connectivity index (χ0) is 16.2. The number of methoxy groups -OCH3 is 1. The van der Waals surface area contributed by atoms with Gasteiger partial charge in [-0.25, -0.2) is 0 Å². The number of hydrogen-bond donors (Lipinski definition) is 2. The molecule has 0 saturated heterocycles. The van der Waals surface area contributed by atoms with Crippen molar-refractivity contribution < 1.29 is 9.53 Å². The molecule has 1 aliphatic carbocycles. The molecule has 0 radical (unpaired) electrons. The summed E-state index contributed by atoms with van der Waals surface area (Å²) < 4.78 is 5.39. The molecule has 1 aromatic carbocycles. The Kier molecular flexibility index (Phi) is 5.46. The van der Waals surface area contributed by atoms with Crippen LogP contribution in [-0.4, -0.2) is 24.6 Å². The summed E-state index contributed by atoms with van der Waals surface area (Å²) in [5, 5.41) is 3.15. The van der Waals surface area contributed by atoms with Crippen molar-refractivity contribution in [1.29, 1.82) is 0 Å². The van der Waals surface area contributed by atoms with Crippen molar-refractivity contribution >= 4 is 5.91 Å². The molecule has 22 heavy (non-hydrogen) atoms.